The second kappa shape index (κ2) is 10.1. The molecule has 0 aliphatic carbocycles. The zero-order valence-electron chi connectivity index (χ0n) is 19.8. The van der Waals surface area contributed by atoms with Crippen LogP contribution in [0.1, 0.15) is 74.0 Å². The van der Waals surface area contributed by atoms with Crippen molar-refractivity contribution in [2.75, 3.05) is 0 Å². The van der Waals surface area contributed by atoms with E-state index in [1.165, 1.54) is 25.2 Å². The summed E-state index contributed by atoms with van der Waals surface area (Å²) in [6.45, 7) is 11.5. The van der Waals surface area contributed by atoms with Crippen molar-refractivity contribution < 1.29 is 19.2 Å². The zero-order chi connectivity index (χ0) is 24.3. The number of aryl methyl sites for hydroxylation is 1. The Bertz CT molecular complexity index is 1280. The van der Waals surface area contributed by atoms with Gasteiger partial charge in [-0.25, -0.2) is 4.79 Å². The van der Waals surface area contributed by atoms with Crippen LogP contribution >= 0.6 is 11.3 Å². The van der Waals surface area contributed by atoms with Gasteiger partial charge in [0.2, 0.25) is 11.6 Å². The van der Waals surface area contributed by atoms with Gasteiger partial charge in [-0.05, 0) is 68.0 Å². The Kier molecular flexibility index (Phi) is 7.43. The fourth-order valence-corrected chi connectivity index (χ4v) is 4.63. The molecule has 7 heteroatoms. The maximum atomic E-state index is 13.0. The van der Waals surface area contributed by atoms with Crippen LogP contribution < -0.4 is 0 Å². The van der Waals surface area contributed by atoms with Gasteiger partial charge in [0.05, 0.1) is 4.88 Å². The Morgan fingerprint density at radius 3 is 2.45 bits per heavy atom. The van der Waals surface area contributed by atoms with Crippen LogP contribution in [0.15, 0.2) is 46.4 Å². The predicted molar refractivity (Wildman–Crippen MR) is 133 cm³/mol. The summed E-state index contributed by atoms with van der Waals surface area (Å²) >= 11 is 1.42. The molecule has 0 spiro atoms. The molecule has 0 amide bonds. The Morgan fingerprint density at radius 2 is 1.88 bits per heavy atom. The van der Waals surface area contributed by atoms with Crippen molar-refractivity contribution in [1.82, 2.24) is 4.57 Å². The standard InChI is InChI=1S/C26H28N2O4S/c1-7-28-22-11-10-19(26(31)23-9-8-12-33-23)14-20(22)21(24(28)15(2)3)13-16(4)25(30)17(5)27-32-18(6)29/h8-15H,7H2,1-6H3/b16-13+,27-17-. The lowest BCUT2D eigenvalue weighted by Crippen LogP contribution is -2.12. The molecule has 3 rings (SSSR count). The molecule has 0 aliphatic rings. The third kappa shape index (κ3) is 5.03. The number of nitrogens with zero attached hydrogens (tertiary/aromatic N) is 2. The molecule has 2 heterocycles. The largest absolute Gasteiger partial charge is 0.344 e. The molecule has 33 heavy (non-hydrogen) atoms. The molecule has 0 atom stereocenters. The van der Waals surface area contributed by atoms with E-state index in [1.807, 2.05) is 41.8 Å². The normalized spacial score (nSPS) is 12.5. The van der Waals surface area contributed by atoms with Crippen LogP contribution in [0.4, 0.5) is 0 Å². The number of allylic oxidation sites excluding steroid dienone is 1. The first-order valence-corrected chi connectivity index (χ1v) is 11.7. The quantitative estimate of drug-likeness (QED) is 0.135. The van der Waals surface area contributed by atoms with Gasteiger partial charge >= 0.3 is 5.97 Å². The van der Waals surface area contributed by atoms with Crippen molar-refractivity contribution in [1.29, 1.82) is 0 Å². The van der Waals surface area contributed by atoms with Gasteiger partial charge in [0.15, 0.2) is 0 Å². The van der Waals surface area contributed by atoms with Crippen LogP contribution in [0.25, 0.3) is 17.0 Å². The van der Waals surface area contributed by atoms with E-state index < -0.39 is 5.97 Å². The summed E-state index contributed by atoms with van der Waals surface area (Å²) in [4.78, 5) is 42.1. The molecular formula is C26H28N2O4S. The number of carbonyl (C=O) groups is 3. The van der Waals surface area contributed by atoms with Crippen LogP contribution in [0.3, 0.4) is 0 Å². The molecule has 0 N–H and O–H groups in total. The van der Waals surface area contributed by atoms with E-state index in [1.54, 1.807) is 6.92 Å². The summed E-state index contributed by atoms with van der Waals surface area (Å²) < 4.78 is 2.22. The molecule has 1 aromatic carbocycles. The number of aromatic nitrogens is 1. The molecule has 0 radical (unpaired) electrons. The molecule has 0 saturated carbocycles. The summed E-state index contributed by atoms with van der Waals surface area (Å²) in [6, 6.07) is 9.45. The molecule has 3 aromatic rings. The Balaban J connectivity index is 2.18. The number of thiophene rings is 1. The van der Waals surface area contributed by atoms with Crippen molar-refractivity contribution in [3.05, 3.63) is 63.0 Å². The molecule has 2 aromatic heterocycles. The van der Waals surface area contributed by atoms with Gasteiger partial charge in [-0.15, -0.1) is 11.3 Å². The van der Waals surface area contributed by atoms with Crippen molar-refractivity contribution in [2.45, 2.75) is 54.0 Å². The van der Waals surface area contributed by atoms with Gasteiger partial charge in [-0.1, -0.05) is 25.1 Å². The van der Waals surface area contributed by atoms with Gasteiger partial charge in [-0.3, -0.25) is 9.59 Å². The van der Waals surface area contributed by atoms with Crippen molar-refractivity contribution in [3.63, 3.8) is 0 Å². The fourth-order valence-electron chi connectivity index (χ4n) is 3.95. The Morgan fingerprint density at radius 1 is 1.15 bits per heavy atom. The SMILES string of the molecule is CCn1c(C(C)C)c(/C=C(\C)C(=O)/C(C)=N\OC(C)=O)c2cc(C(=O)c3cccs3)ccc21. The van der Waals surface area contributed by atoms with E-state index in [4.69, 9.17) is 0 Å². The van der Waals surface area contributed by atoms with E-state index >= 15 is 0 Å². The number of hydrogen-bond acceptors (Lipinski definition) is 6. The van der Waals surface area contributed by atoms with E-state index in [2.05, 4.69) is 35.3 Å². The number of benzene rings is 1. The first kappa shape index (κ1) is 24.3. The molecule has 0 saturated heterocycles. The molecular weight excluding hydrogens is 436 g/mol. The third-order valence-electron chi connectivity index (χ3n) is 5.37. The summed E-state index contributed by atoms with van der Waals surface area (Å²) in [5.74, 6) is -0.720. The molecule has 0 aliphatic heterocycles. The van der Waals surface area contributed by atoms with Gasteiger partial charge in [0.1, 0.15) is 5.71 Å². The van der Waals surface area contributed by atoms with Crippen LogP contribution in [-0.2, 0) is 21.0 Å². The predicted octanol–water partition coefficient (Wildman–Crippen LogP) is 5.99. The second-order valence-corrected chi connectivity index (χ2v) is 9.10. The number of hydrogen-bond donors (Lipinski definition) is 0. The van der Waals surface area contributed by atoms with Gasteiger partial charge in [0, 0.05) is 41.2 Å². The van der Waals surface area contributed by atoms with E-state index in [-0.39, 0.29) is 23.2 Å². The average molecular weight is 465 g/mol. The number of rotatable bonds is 8. The fraction of sp³-hybridized carbons (Fsp3) is 0.308. The number of carbonyl (C=O) groups excluding carboxylic acids is 3. The number of Topliss-reactive ketones (excluding diaryl/α,β-unsaturated/α-hetero) is 1. The second-order valence-electron chi connectivity index (χ2n) is 8.15. The van der Waals surface area contributed by atoms with Crippen LogP contribution in [0.2, 0.25) is 0 Å². The van der Waals surface area contributed by atoms with Crippen molar-refractivity contribution in [2.24, 2.45) is 5.16 Å². The summed E-state index contributed by atoms with van der Waals surface area (Å²) in [5, 5.41) is 6.43. The van der Waals surface area contributed by atoms with Crippen LogP contribution in [0.5, 0.6) is 0 Å². The molecule has 0 unspecified atom stereocenters. The third-order valence-corrected chi connectivity index (χ3v) is 6.24. The van der Waals surface area contributed by atoms with E-state index in [9.17, 15) is 14.4 Å². The first-order chi connectivity index (χ1) is 15.6. The number of oxime groups is 1. The molecule has 0 bridgehead atoms. The molecule has 0 fully saturated rings. The van der Waals surface area contributed by atoms with Gasteiger partial charge in [0.25, 0.3) is 0 Å². The maximum absolute atomic E-state index is 13.0. The van der Waals surface area contributed by atoms with Crippen molar-refractivity contribution >= 4 is 51.6 Å². The molecule has 172 valence electrons. The summed E-state index contributed by atoms with van der Waals surface area (Å²) in [6.07, 6.45) is 1.85. The topological polar surface area (TPSA) is 77.7 Å². The minimum absolute atomic E-state index is 0.0191. The monoisotopic (exact) mass is 464 g/mol. The molecule has 6 nitrogen and oxygen atoms in total. The van der Waals surface area contributed by atoms with E-state index in [0.29, 0.717) is 16.0 Å². The van der Waals surface area contributed by atoms with Gasteiger partial charge in [-0.2, -0.15) is 0 Å². The average Bonchev–Trinajstić information content (AvgIpc) is 3.42. The minimum atomic E-state index is -0.583. The van der Waals surface area contributed by atoms with Gasteiger partial charge < -0.3 is 9.40 Å². The van der Waals surface area contributed by atoms with Crippen molar-refractivity contribution in [3.8, 4) is 0 Å². The highest BCUT2D eigenvalue weighted by atomic mass is 32.1. The highest BCUT2D eigenvalue weighted by Crippen LogP contribution is 2.34. The summed E-state index contributed by atoms with van der Waals surface area (Å²) in [7, 11) is 0. The maximum Gasteiger partial charge on any atom is 0.331 e. The van der Waals surface area contributed by atoms with E-state index in [0.717, 1.165) is 28.7 Å². The first-order valence-electron chi connectivity index (χ1n) is 10.8. The lowest BCUT2D eigenvalue weighted by molar-refractivity contribution is -0.140. The lowest BCUT2D eigenvalue weighted by atomic mass is 9.98. The highest BCUT2D eigenvalue weighted by molar-refractivity contribution is 7.12. The minimum Gasteiger partial charge on any atom is -0.344 e. The Hall–Kier alpha value is -3.32. The van der Waals surface area contributed by atoms with Crippen LogP contribution in [0, 0.1) is 0 Å². The lowest BCUT2D eigenvalue weighted by Gasteiger charge is -2.12. The van der Waals surface area contributed by atoms with Crippen LogP contribution in [-0.4, -0.2) is 27.8 Å². The highest BCUT2D eigenvalue weighted by Gasteiger charge is 2.21. The zero-order valence-corrected chi connectivity index (χ0v) is 20.6. The number of ketones is 2. The number of fused-ring (bicyclic) bond motifs is 1. The summed E-state index contributed by atoms with van der Waals surface area (Å²) in [5.41, 5.74) is 4.19. The smallest absolute Gasteiger partial charge is 0.331 e. The Labute approximate surface area is 197 Å².